The molecule has 0 aliphatic rings. The number of hydrogen-bond acceptors (Lipinski definition) is 2. The lowest BCUT2D eigenvalue weighted by atomic mass is 10.0. The van der Waals surface area contributed by atoms with Crippen molar-refractivity contribution in [3.63, 3.8) is 0 Å². The average molecular weight is 412 g/mol. The van der Waals surface area contributed by atoms with Gasteiger partial charge in [0.15, 0.2) is 0 Å². The summed E-state index contributed by atoms with van der Waals surface area (Å²) in [6, 6.07) is 10.8. The van der Waals surface area contributed by atoms with Crippen LogP contribution in [0, 0.1) is 6.92 Å². The summed E-state index contributed by atoms with van der Waals surface area (Å²) in [6.07, 6.45) is 3.94. The number of rotatable bonds is 6. The number of benzene rings is 1. The second-order valence-corrected chi connectivity index (χ2v) is 6.97. The second kappa shape index (κ2) is 8.06. The van der Waals surface area contributed by atoms with E-state index in [1.54, 1.807) is 0 Å². The van der Waals surface area contributed by atoms with E-state index >= 15 is 0 Å². The first kappa shape index (κ1) is 16.7. The monoisotopic (exact) mass is 410 g/mol. The van der Waals surface area contributed by atoms with Crippen molar-refractivity contribution < 1.29 is 0 Å². The normalized spacial score (nSPS) is 12.4. The van der Waals surface area contributed by atoms with Gasteiger partial charge in [-0.25, -0.2) is 0 Å². The molecule has 0 aliphatic carbocycles. The van der Waals surface area contributed by atoms with Gasteiger partial charge in [-0.3, -0.25) is 4.98 Å². The smallest absolute Gasteiger partial charge is 0.0422 e. The van der Waals surface area contributed by atoms with Crippen LogP contribution >= 0.6 is 31.9 Å². The second-order valence-electron chi connectivity index (χ2n) is 5.20. The van der Waals surface area contributed by atoms with E-state index < -0.39 is 0 Å². The van der Waals surface area contributed by atoms with E-state index in [0.717, 1.165) is 34.0 Å². The summed E-state index contributed by atoms with van der Waals surface area (Å²) in [5, 5.41) is 3.62. The number of nitrogens with one attached hydrogen (secondary N) is 1. The Morgan fingerprint density at radius 2 is 2.00 bits per heavy atom. The van der Waals surface area contributed by atoms with Gasteiger partial charge in [-0.05, 0) is 49.2 Å². The number of halogens is 2. The van der Waals surface area contributed by atoms with E-state index in [0.29, 0.717) is 0 Å². The number of hydrogen-bond donors (Lipinski definition) is 1. The van der Waals surface area contributed by atoms with E-state index in [2.05, 4.69) is 86.3 Å². The van der Waals surface area contributed by atoms with Gasteiger partial charge in [-0.2, -0.15) is 0 Å². The van der Waals surface area contributed by atoms with Crippen LogP contribution in [0.2, 0.25) is 0 Å². The highest BCUT2D eigenvalue weighted by Crippen LogP contribution is 2.28. The Hall–Kier alpha value is -0.710. The molecule has 2 nitrogen and oxygen atoms in total. The van der Waals surface area contributed by atoms with Crippen molar-refractivity contribution in [2.75, 3.05) is 6.54 Å². The molecule has 21 heavy (non-hydrogen) atoms. The SMILES string of the molecule is CCCNC(Cc1ccc(C)cn1)c1ccc(Br)cc1Br. The Morgan fingerprint density at radius 3 is 2.62 bits per heavy atom. The topological polar surface area (TPSA) is 24.9 Å². The van der Waals surface area contributed by atoms with Crippen LogP contribution in [0.4, 0.5) is 0 Å². The minimum atomic E-state index is 0.266. The number of pyridine rings is 1. The van der Waals surface area contributed by atoms with Gasteiger partial charge >= 0.3 is 0 Å². The Kier molecular flexibility index (Phi) is 6.40. The standard InChI is InChI=1S/C17H20Br2N2/c1-3-8-20-17(10-14-6-4-12(2)11-21-14)15-7-5-13(18)9-16(15)19/h4-7,9,11,17,20H,3,8,10H2,1-2H3. The quantitative estimate of drug-likeness (QED) is 0.706. The van der Waals surface area contributed by atoms with Crippen molar-refractivity contribution in [1.82, 2.24) is 10.3 Å². The molecular weight excluding hydrogens is 392 g/mol. The highest BCUT2D eigenvalue weighted by molar-refractivity contribution is 9.11. The lowest BCUT2D eigenvalue weighted by Crippen LogP contribution is -2.24. The summed E-state index contributed by atoms with van der Waals surface area (Å²) < 4.78 is 2.21. The Bertz CT molecular complexity index is 582. The van der Waals surface area contributed by atoms with Crippen molar-refractivity contribution in [1.29, 1.82) is 0 Å². The maximum atomic E-state index is 4.53. The first-order chi connectivity index (χ1) is 10.1. The van der Waals surface area contributed by atoms with Crippen LogP contribution in [0.3, 0.4) is 0 Å². The minimum absolute atomic E-state index is 0.266. The van der Waals surface area contributed by atoms with Gasteiger partial charge in [0.25, 0.3) is 0 Å². The molecule has 0 saturated heterocycles. The van der Waals surface area contributed by atoms with E-state index in [1.807, 2.05) is 6.20 Å². The summed E-state index contributed by atoms with van der Waals surface area (Å²) in [5.74, 6) is 0. The third kappa shape index (κ3) is 4.90. The fourth-order valence-corrected chi connectivity index (χ4v) is 3.55. The first-order valence-electron chi connectivity index (χ1n) is 7.20. The lowest BCUT2D eigenvalue weighted by Gasteiger charge is -2.20. The third-order valence-corrected chi connectivity index (χ3v) is 4.54. The minimum Gasteiger partial charge on any atom is -0.310 e. The Balaban J connectivity index is 2.22. The van der Waals surface area contributed by atoms with Crippen LogP contribution in [0.15, 0.2) is 45.5 Å². The van der Waals surface area contributed by atoms with Crippen LogP contribution in [-0.4, -0.2) is 11.5 Å². The van der Waals surface area contributed by atoms with Crippen molar-refractivity contribution >= 4 is 31.9 Å². The molecule has 0 amide bonds. The zero-order valence-corrected chi connectivity index (χ0v) is 15.5. The maximum absolute atomic E-state index is 4.53. The van der Waals surface area contributed by atoms with Crippen molar-refractivity contribution in [3.05, 3.63) is 62.3 Å². The lowest BCUT2D eigenvalue weighted by molar-refractivity contribution is 0.522. The molecule has 1 aromatic carbocycles. The van der Waals surface area contributed by atoms with Crippen molar-refractivity contribution in [3.8, 4) is 0 Å². The van der Waals surface area contributed by atoms with E-state index in [-0.39, 0.29) is 6.04 Å². The van der Waals surface area contributed by atoms with Gasteiger partial charge < -0.3 is 5.32 Å². The molecule has 0 radical (unpaired) electrons. The largest absolute Gasteiger partial charge is 0.310 e. The number of aromatic nitrogens is 1. The van der Waals surface area contributed by atoms with Gasteiger partial charge in [0, 0.05) is 33.3 Å². The zero-order valence-electron chi connectivity index (χ0n) is 12.4. The third-order valence-electron chi connectivity index (χ3n) is 3.36. The zero-order chi connectivity index (χ0) is 15.2. The predicted molar refractivity (Wildman–Crippen MR) is 95.6 cm³/mol. The predicted octanol–water partition coefficient (Wildman–Crippen LogP) is 5.20. The van der Waals surface area contributed by atoms with E-state index in [1.165, 1.54) is 11.1 Å². The molecule has 0 aliphatic heterocycles. The number of nitrogens with zero attached hydrogens (tertiary/aromatic N) is 1. The molecule has 1 heterocycles. The van der Waals surface area contributed by atoms with Gasteiger partial charge in [0.1, 0.15) is 0 Å². The molecule has 4 heteroatoms. The molecule has 0 spiro atoms. The van der Waals surface area contributed by atoms with Crippen LogP contribution in [0.25, 0.3) is 0 Å². The van der Waals surface area contributed by atoms with Crippen LogP contribution in [0.1, 0.15) is 36.2 Å². The molecule has 2 rings (SSSR count). The van der Waals surface area contributed by atoms with E-state index in [4.69, 9.17) is 0 Å². The van der Waals surface area contributed by atoms with Crippen LogP contribution in [0.5, 0.6) is 0 Å². The highest BCUT2D eigenvalue weighted by atomic mass is 79.9. The van der Waals surface area contributed by atoms with E-state index in [9.17, 15) is 0 Å². The van der Waals surface area contributed by atoms with Crippen molar-refractivity contribution in [2.45, 2.75) is 32.7 Å². The molecule has 1 unspecified atom stereocenters. The molecule has 0 bridgehead atoms. The first-order valence-corrected chi connectivity index (χ1v) is 8.78. The summed E-state index contributed by atoms with van der Waals surface area (Å²) in [7, 11) is 0. The summed E-state index contributed by atoms with van der Waals surface area (Å²) in [5.41, 5.74) is 3.58. The Morgan fingerprint density at radius 1 is 1.19 bits per heavy atom. The molecule has 2 aromatic rings. The van der Waals surface area contributed by atoms with Gasteiger partial charge in [0.2, 0.25) is 0 Å². The molecular formula is C17H20Br2N2. The molecule has 0 fully saturated rings. The fourth-order valence-electron chi connectivity index (χ4n) is 2.22. The number of aryl methyl sites for hydroxylation is 1. The Labute approximate surface area is 143 Å². The molecule has 1 N–H and O–H groups in total. The summed E-state index contributed by atoms with van der Waals surface area (Å²) in [6.45, 7) is 5.25. The van der Waals surface area contributed by atoms with Crippen LogP contribution < -0.4 is 5.32 Å². The maximum Gasteiger partial charge on any atom is 0.0422 e. The average Bonchev–Trinajstić information content (AvgIpc) is 2.46. The summed E-state index contributed by atoms with van der Waals surface area (Å²) in [4.78, 5) is 4.53. The molecule has 1 aromatic heterocycles. The summed E-state index contributed by atoms with van der Waals surface area (Å²) >= 11 is 7.18. The molecule has 0 saturated carbocycles. The molecule has 112 valence electrons. The van der Waals surface area contributed by atoms with Gasteiger partial charge in [0.05, 0.1) is 0 Å². The fraction of sp³-hybridized carbons (Fsp3) is 0.353. The van der Waals surface area contributed by atoms with Gasteiger partial charge in [-0.15, -0.1) is 0 Å². The molecule has 1 atom stereocenters. The van der Waals surface area contributed by atoms with Gasteiger partial charge in [-0.1, -0.05) is 50.9 Å². The van der Waals surface area contributed by atoms with Crippen molar-refractivity contribution in [2.24, 2.45) is 0 Å². The highest BCUT2D eigenvalue weighted by Gasteiger charge is 2.15. The van der Waals surface area contributed by atoms with Crippen LogP contribution in [-0.2, 0) is 6.42 Å².